The normalized spacial score (nSPS) is 21.9. The number of fused-ring (bicyclic) bond motifs is 1. The first-order chi connectivity index (χ1) is 24.0. The maximum absolute atomic E-state index is 13.3. The summed E-state index contributed by atoms with van der Waals surface area (Å²) in [5.41, 5.74) is 3.43. The van der Waals surface area contributed by atoms with Crippen molar-refractivity contribution in [3.8, 4) is 17.2 Å². The smallest absolute Gasteiger partial charge is 0.262 e. The third-order valence-electron chi connectivity index (χ3n) is 9.95. The molecule has 7 rings (SSSR count). The number of Topliss-reactive ketones (excluding diaryl/α,β-unsaturated/α-hetero) is 1. The van der Waals surface area contributed by atoms with Crippen molar-refractivity contribution in [1.82, 2.24) is 20.2 Å². The fourth-order valence-electron chi connectivity index (χ4n) is 6.78. The van der Waals surface area contributed by atoms with E-state index in [2.05, 4.69) is 46.2 Å². The second-order valence-electron chi connectivity index (χ2n) is 13.5. The van der Waals surface area contributed by atoms with Crippen LogP contribution in [0.4, 0.5) is 5.69 Å². The number of amides is 2. The fourth-order valence-corrected chi connectivity index (χ4v) is 6.78. The molecule has 12 heteroatoms. The lowest BCUT2D eigenvalue weighted by Gasteiger charge is -2.42. The van der Waals surface area contributed by atoms with Crippen molar-refractivity contribution in [2.24, 2.45) is 0 Å². The van der Waals surface area contributed by atoms with Crippen LogP contribution in [0.15, 0.2) is 79.1 Å². The van der Waals surface area contributed by atoms with E-state index in [-0.39, 0.29) is 23.1 Å². The van der Waals surface area contributed by atoms with Gasteiger partial charge in [-0.15, -0.1) is 0 Å². The first-order valence-electron chi connectivity index (χ1n) is 16.7. The third-order valence-corrected chi connectivity index (χ3v) is 9.95. The van der Waals surface area contributed by atoms with Gasteiger partial charge >= 0.3 is 0 Å². The molecule has 0 spiro atoms. The number of nitrogens with one attached hydrogen (secondary N) is 1. The van der Waals surface area contributed by atoms with Gasteiger partial charge in [0.05, 0.1) is 35.6 Å². The van der Waals surface area contributed by atoms with E-state index in [0.717, 1.165) is 40.4 Å². The molecule has 3 unspecified atom stereocenters. The second kappa shape index (κ2) is 13.3. The number of benzene rings is 3. The van der Waals surface area contributed by atoms with Crippen molar-refractivity contribution < 1.29 is 34.1 Å². The molecule has 0 saturated carbocycles. The van der Waals surface area contributed by atoms with E-state index in [0.29, 0.717) is 42.1 Å². The highest BCUT2D eigenvalue weighted by molar-refractivity contribution is 6.22. The quantitative estimate of drug-likeness (QED) is 0.161. The minimum absolute atomic E-state index is 0.109. The number of aliphatic hydroxyl groups excluding tert-OH is 2. The van der Waals surface area contributed by atoms with E-state index in [4.69, 9.17) is 9.47 Å². The molecule has 4 heterocycles. The van der Waals surface area contributed by atoms with E-state index >= 15 is 0 Å². The third kappa shape index (κ3) is 6.33. The molecule has 12 nitrogen and oxygen atoms in total. The molecule has 0 bridgehead atoms. The number of rotatable bonds is 10. The number of hydrogen-bond donors (Lipinski definition) is 3. The first kappa shape index (κ1) is 33.3. The van der Waals surface area contributed by atoms with Gasteiger partial charge in [0.25, 0.3) is 11.8 Å². The maximum Gasteiger partial charge on any atom is 0.262 e. The van der Waals surface area contributed by atoms with Gasteiger partial charge in [-0.05, 0) is 72.9 Å². The molecule has 1 aromatic heterocycles. The summed E-state index contributed by atoms with van der Waals surface area (Å²) in [7, 11) is 0. The van der Waals surface area contributed by atoms with Crippen molar-refractivity contribution in [2.45, 2.75) is 70.0 Å². The van der Waals surface area contributed by atoms with E-state index in [1.54, 1.807) is 12.1 Å². The van der Waals surface area contributed by atoms with Crippen molar-refractivity contribution in [1.29, 1.82) is 0 Å². The molecule has 3 aromatic carbocycles. The Kier molecular flexibility index (Phi) is 8.85. The molecule has 2 fully saturated rings. The molecular formula is C38H39N5O7. The average Bonchev–Trinajstić information content (AvgIpc) is 3.33. The Morgan fingerprint density at radius 3 is 2.10 bits per heavy atom. The van der Waals surface area contributed by atoms with Gasteiger partial charge in [-0.3, -0.25) is 24.6 Å². The van der Waals surface area contributed by atoms with Gasteiger partial charge in [-0.25, -0.2) is 9.97 Å². The number of anilines is 1. The van der Waals surface area contributed by atoms with Gasteiger partial charge in [-0.1, -0.05) is 38.1 Å². The van der Waals surface area contributed by atoms with Crippen LogP contribution in [-0.2, 0) is 5.41 Å². The molecule has 4 atom stereocenters. The lowest BCUT2D eigenvalue weighted by molar-refractivity contribution is -0.0413. The Bertz CT molecular complexity index is 1910. The molecule has 50 heavy (non-hydrogen) atoms. The summed E-state index contributed by atoms with van der Waals surface area (Å²) in [6.45, 7) is 7.00. The minimum atomic E-state index is -1.19. The summed E-state index contributed by atoms with van der Waals surface area (Å²) in [4.78, 5) is 49.3. The standard InChI is InChI=1S/C38H39N5O7/c1-22(44)34-39-19-29(20-40-34)50-28-11-6-24(7-12-28)38(2,3)23-4-9-27(10-5-23)49-21-26-16-17-42(26)25-8-13-30-31(18-25)37(48)43(36(30)47)32-14-15-33(45)41-35(32)46/h4-13,18-20,26,32-33,35,41,45-46H,14-17,21H2,1-3H3/t26-,32?,33?,35?/m0/s1. The van der Waals surface area contributed by atoms with E-state index < -0.39 is 30.3 Å². The monoisotopic (exact) mass is 677 g/mol. The zero-order chi connectivity index (χ0) is 35.2. The number of imide groups is 1. The molecule has 258 valence electrons. The van der Waals surface area contributed by atoms with Crippen LogP contribution in [0.5, 0.6) is 17.2 Å². The topological polar surface area (TPSA) is 154 Å². The van der Waals surface area contributed by atoms with Crippen LogP contribution in [0.3, 0.4) is 0 Å². The number of nitrogens with zero attached hydrogens (tertiary/aromatic N) is 4. The lowest BCUT2D eigenvalue weighted by atomic mass is 9.78. The van der Waals surface area contributed by atoms with Crippen molar-refractivity contribution in [3.63, 3.8) is 0 Å². The number of carbonyl (C=O) groups excluding carboxylic acids is 3. The summed E-state index contributed by atoms with van der Waals surface area (Å²) < 4.78 is 12.1. The highest BCUT2D eigenvalue weighted by Gasteiger charge is 2.45. The van der Waals surface area contributed by atoms with Gasteiger partial charge < -0.3 is 24.6 Å². The van der Waals surface area contributed by atoms with Crippen molar-refractivity contribution >= 4 is 23.3 Å². The second-order valence-corrected chi connectivity index (χ2v) is 13.5. The van der Waals surface area contributed by atoms with Crippen LogP contribution in [0.25, 0.3) is 0 Å². The summed E-state index contributed by atoms with van der Waals surface area (Å²) >= 11 is 0. The van der Waals surface area contributed by atoms with Crippen molar-refractivity contribution in [3.05, 3.63) is 107 Å². The predicted molar refractivity (Wildman–Crippen MR) is 183 cm³/mol. The number of ketones is 1. The molecule has 0 aliphatic carbocycles. The van der Waals surface area contributed by atoms with Gasteiger partial charge in [0.15, 0.2) is 17.4 Å². The van der Waals surface area contributed by atoms with Crippen molar-refractivity contribution in [2.75, 3.05) is 18.1 Å². The van der Waals surface area contributed by atoms with Gasteiger partial charge in [0.1, 0.15) is 30.6 Å². The number of hydrogen-bond acceptors (Lipinski definition) is 11. The number of aromatic nitrogens is 2. The molecule has 4 aromatic rings. The van der Waals surface area contributed by atoms with E-state index in [1.807, 2.05) is 42.5 Å². The van der Waals surface area contributed by atoms with Crippen LogP contribution >= 0.6 is 0 Å². The molecule has 2 saturated heterocycles. The SMILES string of the molecule is CC(=O)c1ncc(Oc2ccc(C(C)(C)c3ccc(OC[C@@H]4CCN4c4ccc5c(c4)C(=O)N(C4CCC(O)NC4O)C5=O)cc3)cc2)cn1. The maximum atomic E-state index is 13.3. The number of carbonyl (C=O) groups is 3. The molecule has 3 N–H and O–H groups in total. The highest BCUT2D eigenvalue weighted by Crippen LogP contribution is 2.36. The summed E-state index contributed by atoms with van der Waals surface area (Å²) in [5, 5.41) is 22.8. The van der Waals surface area contributed by atoms with E-state index in [1.165, 1.54) is 19.3 Å². The Morgan fingerprint density at radius 1 is 0.860 bits per heavy atom. The molecule has 0 radical (unpaired) electrons. The zero-order valence-electron chi connectivity index (χ0n) is 28.1. The van der Waals surface area contributed by atoms with Gasteiger partial charge in [0, 0.05) is 24.6 Å². The van der Waals surface area contributed by atoms with Gasteiger partial charge in [0.2, 0.25) is 0 Å². The Labute approximate surface area is 289 Å². The summed E-state index contributed by atoms with van der Waals surface area (Å²) in [6, 6.07) is 20.6. The van der Waals surface area contributed by atoms with Crippen LogP contribution in [-0.4, -0.2) is 80.4 Å². The fraction of sp³-hybridized carbons (Fsp3) is 0.342. The predicted octanol–water partition coefficient (Wildman–Crippen LogP) is 4.44. The Hall–Kier alpha value is -5.17. The number of aliphatic hydroxyl groups is 2. The minimum Gasteiger partial charge on any atom is -0.491 e. The Morgan fingerprint density at radius 2 is 1.50 bits per heavy atom. The van der Waals surface area contributed by atoms with E-state index in [9.17, 15) is 24.6 Å². The molecular weight excluding hydrogens is 638 g/mol. The first-order valence-corrected chi connectivity index (χ1v) is 16.7. The largest absolute Gasteiger partial charge is 0.491 e. The highest BCUT2D eigenvalue weighted by atomic mass is 16.5. The number of ether oxygens (including phenoxy) is 2. The van der Waals surface area contributed by atoms with Crippen LogP contribution in [0, 0.1) is 0 Å². The average molecular weight is 678 g/mol. The molecule has 3 aliphatic heterocycles. The molecule has 2 amide bonds. The Balaban J connectivity index is 0.953. The lowest BCUT2D eigenvalue weighted by Crippen LogP contribution is -2.58. The van der Waals surface area contributed by atoms with Crippen LogP contribution in [0.2, 0.25) is 0 Å². The number of piperidine rings is 1. The zero-order valence-corrected chi connectivity index (χ0v) is 28.1. The molecule has 3 aliphatic rings. The summed E-state index contributed by atoms with van der Waals surface area (Å²) in [6.07, 6.45) is 2.49. The summed E-state index contributed by atoms with van der Waals surface area (Å²) in [5.74, 6) is 0.935. The van der Waals surface area contributed by atoms with Crippen LogP contribution in [0.1, 0.15) is 82.5 Å². The van der Waals surface area contributed by atoms with Gasteiger partial charge in [-0.2, -0.15) is 0 Å². The van der Waals surface area contributed by atoms with Crippen LogP contribution < -0.4 is 19.7 Å².